The summed E-state index contributed by atoms with van der Waals surface area (Å²) in [4.78, 5) is 45.1. The van der Waals surface area contributed by atoms with Crippen molar-refractivity contribution < 1.29 is 53.3 Å². The Hall–Kier alpha value is -4.64. The van der Waals surface area contributed by atoms with Crippen molar-refractivity contribution >= 4 is 30.4 Å². The molecule has 222 valence electrons. The molecule has 1 unspecified atom stereocenters. The molecule has 41 heavy (non-hydrogen) atoms. The van der Waals surface area contributed by atoms with Gasteiger partial charge < -0.3 is 38.6 Å². The van der Waals surface area contributed by atoms with Crippen molar-refractivity contribution in [3.63, 3.8) is 0 Å². The van der Waals surface area contributed by atoms with Crippen molar-refractivity contribution in [1.29, 1.82) is 0 Å². The smallest absolute Gasteiger partial charge is 0.410 e. The lowest BCUT2D eigenvalue weighted by Crippen LogP contribution is -2.28. The Morgan fingerprint density at radius 1 is 0.902 bits per heavy atom. The summed E-state index contributed by atoms with van der Waals surface area (Å²) in [7, 11) is 4.92. The first-order chi connectivity index (χ1) is 19.4. The lowest BCUT2D eigenvalue weighted by Gasteiger charge is -2.14. The summed E-state index contributed by atoms with van der Waals surface area (Å²) in [6.45, 7) is 4.85. The maximum absolute atomic E-state index is 11.2. The molecule has 2 aromatic carbocycles. The van der Waals surface area contributed by atoms with E-state index < -0.39 is 51.1 Å². The van der Waals surface area contributed by atoms with Crippen LogP contribution >= 0.6 is 0 Å². The fourth-order valence-electron chi connectivity index (χ4n) is 3.74. The van der Waals surface area contributed by atoms with E-state index in [4.69, 9.17) is 33.8 Å². The molecular weight excluding hydrogens is 549 g/mol. The topological polar surface area (TPSA) is 214 Å². The van der Waals surface area contributed by atoms with Crippen molar-refractivity contribution in [1.82, 2.24) is 4.81 Å². The summed E-state index contributed by atoms with van der Waals surface area (Å²) < 4.78 is 25.8. The van der Waals surface area contributed by atoms with Crippen LogP contribution in [-0.2, 0) is 4.65 Å². The number of methoxy groups -OCH3 is 2. The third-order valence-electron chi connectivity index (χ3n) is 5.82. The molecule has 1 aliphatic rings. The summed E-state index contributed by atoms with van der Waals surface area (Å²) in [5.74, 6) is -3.88. The Kier molecular flexibility index (Phi) is 11.7. The van der Waals surface area contributed by atoms with E-state index in [0.29, 0.717) is 13.1 Å². The zero-order valence-electron chi connectivity index (χ0n) is 23.0. The highest BCUT2D eigenvalue weighted by Crippen LogP contribution is 2.37. The molecule has 0 aliphatic carbocycles. The molecule has 3 rings (SSSR count). The number of nitro benzene ring substituents is 2. The van der Waals surface area contributed by atoms with Crippen LogP contribution in [-0.4, -0.2) is 84.5 Å². The number of nitrogens with zero attached hydrogens (tertiary/aromatic N) is 3. The van der Waals surface area contributed by atoms with Crippen LogP contribution in [0.1, 0.15) is 47.4 Å². The van der Waals surface area contributed by atoms with Crippen LogP contribution in [0.2, 0.25) is 0 Å². The second kappa shape index (κ2) is 14.7. The number of nitro groups is 2. The normalized spacial score (nSPS) is 13.5. The second-order valence-electron chi connectivity index (χ2n) is 8.53. The summed E-state index contributed by atoms with van der Waals surface area (Å²) in [6, 6.07) is 3.94. The average Bonchev–Trinajstić information content (AvgIpc) is 3.73. The molecule has 1 fully saturated rings. The van der Waals surface area contributed by atoms with E-state index in [1.54, 1.807) is 0 Å². The van der Waals surface area contributed by atoms with Gasteiger partial charge in [0.2, 0.25) is 6.79 Å². The number of carboxylic acids is 2. The molecule has 0 radical (unpaired) electrons. The third kappa shape index (κ3) is 8.42. The molecule has 16 nitrogen and oxygen atoms in total. The first-order valence-electron chi connectivity index (χ1n) is 12.2. The van der Waals surface area contributed by atoms with Crippen molar-refractivity contribution in [3.8, 4) is 23.0 Å². The van der Waals surface area contributed by atoms with Crippen LogP contribution in [0.4, 0.5) is 11.4 Å². The number of carbonyl (C=O) groups is 2. The number of carboxylic acid groups (broad SMARTS) is 2. The van der Waals surface area contributed by atoms with Gasteiger partial charge in [-0.15, -0.1) is 0 Å². The van der Waals surface area contributed by atoms with Crippen LogP contribution in [0.15, 0.2) is 24.3 Å². The Morgan fingerprint density at radius 2 is 1.34 bits per heavy atom. The van der Waals surface area contributed by atoms with Crippen LogP contribution in [0.25, 0.3) is 0 Å². The van der Waals surface area contributed by atoms with Gasteiger partial charge in [-0.1, -0.05) is 13.8 Å². The minimum Gasteiger partial charge on any atom is -0.493 e. The number of benzene rings is 2. The predicted molar refractivity (Wildman–Crippen MR) is 143 cm³/mol. The molecular formula is C24H30BN3O13. The van der Waals surface area contributed by atoms with Gasteiger partial charge in [0.1, 0.15) is 11.1 Å². The number of hydrogen-bond donors (Lipinski definition) is 2. The number of aromatic carboxylic acids is 2. The Balaban J connectivity index is 0.000000493. The van der Waals surface area contributed by atoms with Crippen LogP contribution in [0.5, 0.6) is 23.0 Å². The minimum atomic E-state index is -1.55. The average molecular weight is 579 g/mol. The fraction of sp³-hybridized carbons (Fsp3) is 0.417. The van der Waals surface area contributed by atoms with Crippen molar-refractivity contribution in [2.24, 2.45) is 0 Å². The highest BCUT2D eigenvalue weighted by molar-refractivity contribution is 6.58. The summed E-state index contributed by atoms with van der Waals surface area (Å²) in [5, 5.41) is 40.5. The first kappa shape index (κ1) is 32.6. The van der Waals surface area contributed by atoms with Gasteiger partial charge >= 0.3 is 19.0 Å². The van der Waals surface area contributed by atoms with E-state index in [1.807, 2.05) is 0 Å². The van der Waals surface area contributed by atoms with Crippen molar-refractivity contribution in [3.05, 3.63) is 55.6 Å². The molecule has 1 saturated heterocycles. The van der Waals surface area contributed by atoms with Crippen LogP contribution in [0.3, 0.4) is 0 Å². The monoisotopic (exact) mass is 579 g/mol. The van der Waals surface area contributed by atoms with Gasteiger partial charge in [0.15, 0.2) is 23.0 Å². The molecule has 2 N–H and O–H groups in total. The van der Waals surface area contributed by atoms with E-state index >= 15 is 0 Å². The fourth-order valence-corrected chi connectivity index (χ4v) is 3.74. The molecule has 0 bridgehead atoms. The van der Waals surface area contributed by atoms with E-state index in [-0.39, 0.29) is 23.0 Å². The highest BCUT2D eigenvalue weighted by atomic mass is 16.7. The molecule has 17 heteroatoms. The summed E-state index contributed by atoms with van der Waals surface area (Å²) in [5.41, 5.74) is -2.78. The molecule has 0 amide bonds. The molecule has 0 spiro atoms. The van der Waals surface area contributed by atoms with Gasteiger partial charge in [0.25, 0.3) is 11.4 Å². The third-order valence-corrected chi connectivity index (χ3v) is 5.82. The van der Waals surface area contributed by atoms with Gasteiger partial charge in [-0.25, -0.2) is 9.59 Å². The Bertz CT molecular complexity index is 1210. The zero-order valence-corrected chi connectivity index (χ0v) is 23.0. The quantitative estimate of drug-likeness (QED) is 0.108. The van der Waals surface area contributed by atoms with E-state index in [0.717, 1.165) is 37.2 Å². The van der Waals surface area contributed by atoms with Gasteiger partial charge in [-0.05, 0) is 26.4 Å². The lowest BCUT2D eigenvalue weighted by molar-refractivity contribution is -0.385. The molecule has 1 aliphatic heterocycles. The maximum atomic E-state index is 11.2. The molecule has 0 saturated carbocycles. The van der Waals surface area contributed by atoms with Gasteiger partial charge in [-0.2, -0.15) is 0 Å². The van der Waals surface area contributed by atoms with Crippen molar-refractivity contribution in [2.75, 3.05) is 34.6 Å². The second-order valence-corrected chi connectivity index (χ2v) is 8.53. The lowest BCUT2D eigenvalue weighted by atomic mass is 9.84. The highest BCUT2D eigenvalue weighted by Gasteiger charge is 2.46. The summed E-state index contributed by atoms with van der Waals surface area (Å²) >= 11 is 0. The first-order valence-corrected chi connectivity index (χ1v) is 12.2. The molecule has 1 atom stereocenters. The SMILES string of the molecule is CCCN(C)B1OC1CC.COc1cc(C(=O)O)c([N+](=O)[O-])cc1OCOc1cc([N+](=O)[O-])c(C(=O)O)cc1OC. The number of ether oxygens (including phenoxy) is 4. The van der Waals surface area contributed by atoms with Gasteiger partial charge in [0.05, 0.1) is 42.2 Å². The minimum absolute atomic E-state index is 0.147. The Labute approximate surface area is 234 Å². The molecule has 2 aromatic rings. The standard InChI is InChI=1S/C17H14N2O12.C7H16BNO/c1-28-12-3-8(16(20)21)10(18(24)25)5-14(12)30-7-31-15-6-11(19(26)27)9(17(22)23)4-13(15)29-2;1-4-6-9(3)8-7(5-2)10-8/h3-6H,7H2,1-2H3,(H,20,21)(H,22,23);7H,4-6H2,1-3H3. The maximum Gasteiger partial charge on any atom is 0.410 e. The van der Waals surface area contributed by atoms with E-state index in [2.05, 4.69) is 25.7 Å². The predicted octanol–water partition coefficient (Wildman–Crippen LogP) is 3.50. The molecule has 0 aromatic heterocycles. The molecule has 1 heterocycles. The number of rotatable bonds is 14. The van der Waals surface area contributed by atoms with E-state index in [9.17, 15) is 29.8 Å². The van der Waals surface area contributed by atoms with Gasteiger partial charge in [-0.3, -0.25) is 20.2 Å². The Morgan fingerprint density at radius 3 is 1.63 bits per heavy atom. The van der Waals surface area contributed by atoms with Crippen LogP contribution < -0.4 is 18.9 Å². The van der Waals surface area contributed by atoms with Crippen molar-refractivity contribution in [2.45, 2.75) is 32.7 Å². The largest absolute Gasteiger partial charge is 0.493 e. The zero-order chi connectivity index (χ0) is 30.9. The van der Waals surface area contributed by atoms with E-state index in [1.165, 1.54) is 20.6 Å². The summed E-state index contributed by atoms with van der Waals surface area (Å²) in [6.07, 6.45) is 2.37. The number of hydrogen-bond acceptors (Lipinski definition) is 12. The van der Waals surface area contributed by atoms with Gasteiger partial charge in [0, 0.05) is 12.1 Å². The van der Waals surface area contributed by atoms with Crippen LogP contribution in [0, 0.1) is 20.2 Å².